The molecule has 1 aliphatic heterocycles. The number of rotatable bonds is 4. The van der Waals surface area contributed by atoms with E-state index in [-0.39, 0.29) is 5.91 Å². The first kappa shape index (κ1) is 13.6. The van der Waals surface area contributed by atoms with Gasteiger partial charge in [-0.1, -0.05) is 30.8 Å². The largest absolute Gasteiger partial charge is 0.331 e. The van der Waals surface area contributed by atoms with Crippen LogP contribution in [0, 0.1) is 0 Å². The minimum atomic E-state index is 0.00288. The first-order chi connectivity index (χ1) is 10.3. The van der Waals surface area contributed by atoms with Crippen LogP contribution in [0.5, 0.6) is 0 Å². The SMILES string of the molecule is C=CC(=O)N1Cc2ccc(CCc3cccnc3)cc2C1. The number of aromatic nitrogens is 1. The Morgan fingerprint density at radius 1 is 1.19 bits per heavy atom. The molecule has 1 aromatic heterocycles. The van der Waals surface area contributed by atoms with E-state index in [9.17, 15) is 4.79 Å². The standard InChI is InChI=1S/C18H18N2O/c1-2-18(21)20-12-16-8-7-14(10-17(16)13-20)5-6-15-4-3-9-19-11-15/h2-4,7-11H,1,5-6,12-13H2. The second-order valence-corrected chi connectivity index (χ2v) is 5.36. The van der Waals surface area contributed by atoms with Crippen LogP contribution in [0.2, 0.25) is 0 Å². The maximum absolute atomic E-state index is 11.7. The number of pyridine rings is 1. The molecule has 0 unspecified atom stereocenters. The third kappa shape index (κ3) is 3.02. The van der Waals surface area contributed by atoms with Crippen LogP contribution in [-0.4, -0.2) is 15.8 Å². The molecular formula is C18H18N2O. The summed E-state index contributed by atoms with van der Waals surface area (Å²) in [6, 6.07) is 10.6. The smallest absolute Gasteiger partial charge is 0.246 e. The van der Waals surface area contributed by atoms with Crippen molar-refractivity contribution in [2.24, 2.45) is 0 Å². The summed E-state index contributed by atoms with van der Waals surface area (Å²) in [6.07, 6.45) is 7.08. The van der Waals surface area contributed by atoms with Gasteiger partial charge in [-0.3, -0.25) is 9.78 Å². The summed E-state index contributed by atoms with van der Waals surface area (Å²) in [5.74, 6) is 0.00288. The third-order valence-electron chi connectivity index (χ3n) is 3.90. The predicted molar refractivity (Wildman–Crippen MR) is 82.5 cm³/mol. The summed E-state index contributed by atoms with van der Waals surface area (Å²) in [5, 5.41) is 0. The maximum atomic E-state index is 11.7. The van der Waals surface area contributed by atoms with Gasteiger partial charge in [0.25, 0.3) is 0 Å². The van der Waals surface area contributed by atoms with Gasteiger partial charge in [0.15, 0.2) is 0 Å². The molecule has 1 aromatic carbocycles. The number of fused-ring (bicyclic) bond motifs is 1. The fourth-order valence-electron chi connectivity index (χ4n) is 2.72. The van der Waals surface area contributed by atoms with E-state index in [4.69, 9.17) is 0 Å². The molecule has 3 nitrogen and oxygen atoms in total. The van der Waals surface area contributed by atoms with Gasteiger partial charge in [-0.2, -0.15) is 0 Å². The Morgan fingerprint density at radius 3 is 2.76 bits per heavy atom. The van der Waals surface area contributed by atoms with Crippen LogP contribution in [-0.2, 0) is 30.7 Å². The van der Waals surface area contributed by atoms with Gasteiger partial charge in [-0.05, 0) is 47.2 Å². The van der Waals surface area contributed by atoms with Crippen LogP contribution >= 0.6 is 0 Å². The van der Waals surface area contributed by atoms with Crippen LogP contribution in [0.3, 0.4) is 0 Å². The molecule has 1 aliphatic rings. The molecule has 0 radical (unpaired) electrons. The fourth-order valence-corrected chi connectivity index (χ4v) is 2.72. The highest BCUT2D eigenvalue weighted by Crippen LogP contribution is 2.24. The van der Waals surface area contributed by atoms with Gasteiger partial charge in [0.1, 0.15) is 0 Å². The van der Waals surface area contributed by atoms with Crippen molar-refractivity contribution in [3.63, 3.8) is 0 Å². The molecule has 0 saturated heterocycles. The first-order valence-corrected chi connectivity index (χ1v) is 7.17. The third-order valence-corrected chi connectivity index (χ3v) is 3.90. The number of benzene rings is 1. The van der Waals surface area contributed by atoms with E-state index < -0.39 is 0 Å². The van der Waals surface area contributed by atoms with E-state index in [1.54, 1.807) is 6.20 Å². The summed E-state index contributed by atoms with van der Waals surface area (Å²) in [6.45, 7) is 4.94. The van der Waals surface area contributed by atoms with Gasteiger partial charge in [0, 0.05) is 25.5 Å². The molecule has 21 heavy (non-hydrogen) atoms. The molecule has 3 heteroatoms. The molecule has 0 fully saturated rings. The lowest BCUT2D eigenvalue weighted by Gasteiger charge is -2.11. The first-order valence-electron chi connectivity index (χ1n) is 7.17. The quantitative estimate of drug-likeness (QED) is 0.806. The van der Waals surface area contributed by atoms with E-state index in [0.29, 0.717) is 13.1 Å². The van der Waals surface area contributed by atoms with Gasteiger partial charge in [-0.15, -0.1) is 0 Å². The van der Waals surface area contributed by atoms with E-state index in [1.165, 1.54) is 28.3 Å². The van der Waals surface area contributed by atoms with Gasteiger partial charge in [0.2, 0.25) is 5.91 Å². The topological polar surface area (TPSA) is 33.2 Å². The molecule has 0 spiro atoms. The van der Waals surface area contributed by atoms with E-state index >= 15 is 0 Å². The second kappa shape index (κ2) is 5.92. The molecule has 3 rings (SSSR count). The molecule has 2 aromatic rings. The summed E-state index contributed by atoms with van der Waals surface area (Å²) < 4.78 is 0. The van der Waals surface area contributed by atoms with Crippen molar-refractivity contribution in [3.8, 4) is 0 Å². The monoisotopic (exact) mass is 278 g/mol. The molecule has 0 saturated carbocycles. The molecule has 0 N–H and O–H groups in total. The number of nitrogens with zero attached hydrogens (tertiary/aromatic N) is 2. The number of hydrogen-bond donors (Lipinski definition) is 0. The normalized spacial score (nSPS) is 13.0. The Morgan fingerprint density at radius 2 is 2.00 bits per heavy atom. The van der Waals surface area contributed by atoms with E-state index in [1.807, 2.05) is 17.2 Å². The van der Waals surface area contributed by atoms with Crippen molar-refractivity contribution in [1.29, 1.82) is 0 Å². The molecule has 2 heterocycles. The lowest BCUT2D eigenvalue weighted by molar-refractivity contribution is -0.126. The Labute approximate surface area is 124 Å². The van der Waals surface area contributed by atoms with Crippen LogP contribution in [0.1, 0.15) is 22.3 Å². The van der Waals surface area contributed by atoms with Crippen LogP contribution < -0.4 is 0 Å². The zero-order chi connectivity index (χ0) is 14.7. The number of carbonyl (C=O) groups excluding carboxylic acids is 1. The average Bonchev–Trinajstić information content (AvgIpc) is 2.96. The molecule has 106 valence electrons. The zero-order valence-electron chi connectivity index (χ0n) is 12.0. The van der Waals surface area contributed by atoms with Gasteiger partial charge in [-0.25, -0.2) is 0 Å². The van der Waals surface area contributed by atoms with Crippen molar-refractivity contribution in [2.45, 2.75) is 25.9 Å². The lowest BCUT2D eigenvalue weighted by Crippen LogP contribution is -2.22. The molecule has 1 amide bonds. The summed E-state index contributed by atoms with van der Waals surface area (Å²) >= 11 is 0. The Hall–Kier alpha value is -2.42. The molecule has 0 bridgehead atoms. The Bertz CT molecular complexity index is 664. The predicted octanol–water partition coefficient (Wildman–Crippen LogP) is 2.90. The highest BCUT2D eigenvalue weighted by Gasteiger charge is 2.21. The van der Waals surface area contributed by atoms with Crippen LogP contribution in [0.4, 0.5) is 0 Å². The Kier molecular flexibility index (Phi) is 3.82. The van der Waals surface area contributed by atoms with E-state index in [0.717, 1.165) is 12.8 Å². The second-order valence-electron chi connectivity index (χ2n) is 5.36. The molecule has 0 aliphatic carbocycles. The minimum Gasteiger partial charge on any atom is -0.331 e. The van der Waals surface area contributed by atoms with Crippen LogP contribution in [0.15, 0.2) is 55.4 Å². The Balaban J connectivity index is 1.68. The van der Waals surface area contributed by atoms with Gasteiger partial charge >= 0.3 is 0 Å². The maximum Gasteiger partial charge on any atom is 0.246 e. The average molecular weight is 278 g/mol. The summed E-state index contributed by atoms with van der Waals surface area (Å²) in [4.78, 5) is 17.6. The number of aryl methyl sites for hydroxylation is 2. The van der Waals surface area contributed by atoms with Crippen molar-refractivity contribution >= 4 is 5.91 Å². The minimum absolute atomic E-state index is 0.00288. The number of hydrogen-bond acceptors (Lipinski definition) is 2. The van der Waals surface area contributed by atoms with Crippen molar-refractivity contribution < 1.29 is 4.79 Å². The molecule has 0 atom stereocenters. The van der Waals surface area contributed by atoms with Gasteiger partial charge in [0.05, 0.1) is 0 Å². The van der Waals surface area contributed by atoms with Crippen molar-refractivity contribution in [1.82, 2.24) is 9.88 Å². The number of amides is 1. The molecular weight excluding hydrogens is 260 g/mol. The van der Waals surface area contributed by atoms with Crippen LogP contribution in [0.25, 0.3) is 0 Å². The summed E-state index contributed by atoms with van der Waals surface area (Å²) in [5.41, 5.74) is 5.07. The summed E-state index contributed by atoms with van der Waals surface area (Å²) in [7, 11) is 0. The highest BCUT2D eigenvalue weighted by atomic mass is 16.2. The fraction of sp³-hybridized carbons (Fsp3) is 0.222. The lowest BCUT2D eigenvalue weighted by atomic mass is 10.0. The zero-order valence-corrected chi connectivity index (χ0v) is 12.0. The van der Waals surface area contributed by atoms with Crippen molar-refractivity contribution in [2.75, 3.05) is 0 Å². The highest BCUT2D eigenvalue weighted by molar-refractivity contribution is 5.87. The van der Waals surface area contributed by atoms with E-state index in [2.05, 4.69) is 35.8 Å². The number of carbonyl (C=O) groups is 1. The van der Waals surface area contributed by atoms with Crippen molar-refractivity contribution in [3.05, 3.63) is 77.6 Å². The van der Waals surface area contributed by atoms with Gasteiger partial charge < -0.3 is 4.90 Å².